The van der Waals surface area contributed by atoms with Gasteiger partial charge >= 0.3 is 0 Å². The summed E-state index contributed by atoms with van der Waals surface area (Å²) >= 11 is 0. The maximum Gasteiger partial charge on any atom is 0.264 e. The number of aryl methyl sites for hydroxylation is 2. The number of nitrogens with zero attached hydrogens (tertiary/aromatic N) is 2. The van der Waals surface area contributed by atoms with Gasteiger partial charge in [0, 0.05) is 18.5 Å². The first-order valence-corrected chi connectivity index (χ1v) is 18.4. The zero-order chi connectivity index (χ0) is 36.6. The smallest absolute Gasteiger partial charge is 0.264 e. The average Bonchev–Trinajstić information content (AvgIpc) is 3.09. The SMILES string of the molecule is Cc1ccc(S(=O)(=O)N(CC(=O)N(Cc2cccc(C)c2)C(Cc2ccccc2)C(=O)NC(C)(C)C)c2ccc(Oc3ccccc3)cc2)cc1. The van der Waals surface area contributed by atoms with Gasteiger partial charge in [-0.15, -0.1) is 0 Å². The molecular weight excluding hydrogens is 659 g/mol. The Morgan fingerprint density at radius 1 is 0.706 bits per heavy atom. The van der Waals surface area contributed by atoms with E-state index in [4.69, 9.17) is 4.74 Å². The number of hydrogen-bond acceptors (Lipinski definition) is 5. The predicted octanol–water partition coefficient (Wildman–Crippen LogP) is 7.85. The van der Waals surface area contributed by atoms with E-state index in [1.165, 1.54) is 17.0 Å². The molecule has 0 spiro atoms. The molecule has 5 aromatic rings. The molecule has 0 fully saturated rings. The third-order valence-electron chi connectivity index (χ3n) is 8.20. The van der Waals surface area contributed by atoms with Crippen molar-refractivity contribution in [2.45, 2.75) is 64.1 Å². The summed E-state index contributed by atoms with van der Waals surface area (Å²) in [6.07, 6.45) is 0.233. The average molecular weight is 704 g/mol. The molecule has 9 heteroatoms. The van der Waals surface area contributed by atoms with Gasteiger partial charge in [-0.1, -0.05) is 96.1 Å². The van der Waals surface area contributed by atoms with E-state index in [0.717, 1.165) is 26.6 Å². The first-order valence-electron chi connectivity index (χ1n) is 16.9. The minimum Gasteiger partial charge on any atom is -0.457 e. The van der Waals surface area contributed by atoms with Crippen molar-refractivity contribution in [1.29, 1.82) is 0 Å². The Morgan fingerprint density at radius 2 is 1.29 bits per heavy atom. The van der Waals surface area contributed by atoms with Crippen LogP contribution in [0.4, 0.5) is 5.69 Å². The van der Waals surface area contributed by atoms with Gasteiger partial charge in [0.15, 0.2) is 0 Å². The summed E-state index contributed by atoms with van der Waals surface area (Å²) in [6, 6.07) is 38.7. The topological polar surface area (TPSA) is 96.0 Å². The van der Waals surface area contributed by atoms with Crippen LogP contribution in [0.2, 0.25) is 0 Å². The third-order valence-corrected chi connectivity index (χ3v) is 9.98. The molecule has 1 N–H and O–H groups in total. The third kappa shape index (κ3) is 10.1. The van der Waals surface area contributed by atoms with E-state index in [2.05, 4.69) is 5.32 Å². The van der Waals surface area contributed by atoms with E-state index in [1.807, 2.05) is 120 Å². The molecule has 264 valence electrons. The van der Waals surface area contributed by atoms with E-state index in [0.29, 0.717) is 11.5 Å². The fourth-order valence-electron chi connectivity index (χ4n) is 5.69. The zero-order valence-electron chi connectivity index (χ0n) is 29.7. The molecule has 2 amide bonds. The highest BCUT2D eigenvalue weighted by Crippen LogP contribution is 2.29. The molecule has 5 rings (SSSR count). The Balaban J connectivity index is 1.57. The van der Waals surface area contributed by atoms with Gasteiger partial charge in [0.1, 0.15) is 24.1 Å². The van der Waals surface area contributed by atoms with Crippen LogP contribution in [0.25, 0.3) is 0 Å². The Hall–Kier alpha value is -5.41. The number of carbonyl (C=O) groups excluding carboxylic acids is 2. The molecule has 0 heterocycles. The molecule has 0 saturated heterocycles. The number of sulfonamides is 1. The highest BCUT2D eigenvalue weighted by atomic mass is 32.2. The fraction of sp³-hybridized carbons (Fsp3) is 0.238. The van der Waals surface area contributed by atoms with Crippen molar-refractivity contribution in [2.24, 2.45) is 0 Å². The number of rotatable bonds is 13. The first-order chi connectivity index (χ1) is 24.3. The summed E-state index contributed by atoms with van der Waals surface area (Å²) in [4.78, 5) is 30.4. The number of para-hydroxylation sites is 1. The maximum atomic E-state index is 14.8. The molecule has 5 aromatic carbocycles. The summed E-state index contributed by atoms with van der Waals surface area (Å²) in [5.41, 5.74) is 3.29. The minimum absolute atomic E-state index is 0.0436. The van der Waals surface area contributed by atoms with Crippen molar-refractivity contribution < 1.29 is 22.7 Å². The first kappa shape index (κ1) is 36.9. The molecule has 0 aliphatic heterocycles. The van der Waals surface area contributed by atoms with Crippen LogP contribution >= 0.6 is 0 Å². The van der Waals surface area contributed by atoms with E-state index in [-0.39, 0.29) is 29.5 Å². The molecule has 0 aliphatic carbocycles. The lowest BCUT2D eigenvalue weighted by Crippen LogP contribution is -2.56. The highest BCUT2D eigenvalue weighted by Gasteiger charge is 2.35. The number of amides is 2. The van der Waals surface area contributed by atoms with Gasteiger partial charge in [0.25, 0.3) is 10.0 Å². The largest absolute Gasteiger partial charge is 0.457 e. The Morgan fingerprint density at radius 3 is 1.90 bits per heavy atom. The molecule has 1 unspecified atom stereocenters. The van der Waals surface area contributed by atoms with Crippen molar-refractivity contribution in [1.82, 2.24) is 10.2 Å². The minimum atomic E-state index is -4.24. The van der Waals surface area contributed by atoms with Crippen LogP contribution in [0.1, 0.15) is 43.0 Å². The van der Waals surface area contributed by atoms with Crippen LogP contribution < -0.4 is 14.4 Å². The molecule has 1 atom stereocenters. The lowest BCUT2D eigenvalue weighted by molar-refractivity contribution is -0.140. The summed E-state index contributed by atoms with van der Waals surface area (Å²) in [5.74, 6) is 0.283. The Kier molecular flexibility index (Phi) is 11.6. The molecular formula is C42H45N3O5S. The van der Waals surface area contributed by atoms with Crippen molar-refractivity contribution in [3.8, 4) is 11.5 Å². The fourth-order valence-corrected chi connectivity index (χ4v) is 7.10. The molecule has 0 saturated carbocycles. The van der Waals surface area contributed by atoms with Crippen LogP contribution in [0, 0.1) is 13.8 Å². The van der Waals surface area contributed by atoms with Gasteiger partial charge < -0.3 is 15.0 Å². The van der Waals surface area contributed by atoms with Crippen LogP contribution in [-0.4, -0.2) is 43.3 Å². The van der Waals surface area contributed by atoms with Crippen molar-refractivity contribution >= 4 is 27.5 Å². The molecule has 0 bridgehead atoms. The normalized spacial score (nSPS) is 12.1. The van der Waals surface area contributed by atoms with Gasteiger partial charge in [0.05, 0.1) is 10.6 Å². The van der Waals surface area contributed by atoms with Crippen LogP contribution in [-0.2, 0) is 32.6 Å². The number of anilines is 1. The monoisotopic (exact) mass is 703 g/mol. The van der Waals surface area contributed by atoms with Gasteiger partial charge in [0.2, 0.25) is 11.8 Å². The van der Waals surface area contributed by atoms with Crippen LogP contribution in [0.5, 0.6) is 11.5 Å². The van der Waals surface area contributed by atoms with Crippen molar-refractivity contribution in [3.05, 3.63) is 156 Å². The summed E-state index contributed by atoms with van der Waals surface area (Å²) in [5, 5.41) is 3.07. The lowest BCUT2D eigenvalue weighted by Gasteiger charge is -2.35. The maximum absolute atomic E-state index is 14.8. The predicted molar refractivity (Wildman–Crippen MR) is 202 cm³/mol. The summed E-state index contributed by atoms with van der Waals surface area (Å²) < 4.78 is 35.9. The van der Waals surface area contributed by atoms with Gasteiger partial charge in [-0.3, -0.25) is 13.9 Å². The Labute approximate surface area is 301 Å². The quantitative estimate of drug-likeness (QED) is 0.135. The molecule has 0 aromatic heterocycles. The second kappa shape index (κ2) is 16.1. The van der Waals surface area contributed by atoms with Crippen molar-refractivity contribution in [3.63, 3.8) is 0 Å². The zero-order valence-corrected chi connectivity index (χ0v) is 30.6. The van der Waals surface area contributed by atoms with E-state index >= 15 is 0 Å². The number of hydrogen-bond donors (Lipinski definition) is 1. The van der Waals surface area contributed by atoms with Gasteiger partial charge in [-0.2, -0.15) is 0 Å². The summed E-state index contributed by atoms with van der Waals surface area (Å²) in [7, 11) is -4.24. The molecule has 51 heavy (non-hydrogen) atoms. The van der Waals surface area contributed by atoms with Gasteiger partial charge in [-0.25, -0.2) is 8.42 Å². The second-order valence-corrected chi connectivity index (χ2v) is 15.6. The number of benzene rings is 5. The van der Waals surface area contributed by atoms with E-state index < -0.39 is 34.1 Å². The van der Waals surface area contributed by atoms with E-state index in [1.54, 1.807) is 36.4 Å². The van der Waals surface area contributed by atoms with E-state index in [9.17, 15) is 18.0 Å². The molecule has 0 aliphatic rings. The second-order valence-electron chi connectivity index (χ2n) is 13.7. The summed E-state index contributed by atoms with van der Waals surface area (Å²) in [6.45, 7) is 9.05. The lowest BCUT2D eigenvalue weighted by atomic mass is 10.0. The van der Waals surface area contributed by atoms with Crippen LogP contribution in [0.3, 0.4) is 0 Å². The number of nitrogens with one attached hydrogen (secondary N) is 1. The molecule has 0 radical (unpaired) electrons. The standard InChI is InChI=1S/C42H45N3O5S/c1-31-19-25-38(26-20-31)51(48,49)45(35-21-23-37(24-22-35)50-36-17-10-7-11-18-36)30-40(46)44(29-34-16-12-13-32(2)27-34)39(41(47)43-42(3,4)5)28-33-14-8-6-9-15-33/h6-27,39H,28-30H2,1-5H3,(H,43,47). The van der Waals surface area contributed by atoms with Crippen molar-refractivity contribution in [2.75, 3.05) is 10.8 Å². The van der Waals surface area contributed by atoms with Crippen LogP contribution in [0.15, 0.2) is 138 Å². The number of carbonyl (C=O) groups is 2. The number of ether oxygens (including phenoxy) is 1. The molecule has 8 nitrogen and oxygen atoms in total. The Bertz CT molecular complexity index is 2030. The van der Waals surface area contributed by atoms with Gasteiger partial charge in [-0.05, 0) is 94.3 Å². The highest BCUT2D eigenvalue weighted by molar-refractivity contribution is 7.92.